The Morgan fingerprint density at radius 1 is 1.30 bits per heavy atom. The van der Waals surface area contributed by atoms with Gasteiger partial charge in [0.05, 0.1) is 29.4 Å². The molecule has 0 saturated carbocycles. The van der Waals surface area contributed by atoms with Gasteiger partial charge in [0.25, 0.3) is 0 Å². The zero-order valence-electron chi connectivity index (χ0n) is 14.0. The van der Waals surface area contributed by atoms with Crippen LogP contribution in [0.4, 0.5) is 13.2 Å². The number of aliphatic hydroxyl groups is 1. The van der Waals surface area contributed by atoms with Crippen LogP contribution in [0, 0.1) is 0 Å². The number of nitrogens with zero attached hydrogens (tertiary/aromatic N) is 3. The van der Waals surface area contributed by atoms with Gasteiger partial charge in [0, 0.05) is 16.5 Å². The third-order valence-electron chi connectivity index (χ3n) is 3.84. The van der Waals surface area contributed by atoms with E-state index in [1.54, 1.807) is 24.3 Å². The molecule has 3 aromatic rings. The fourth-order valence-electron chi connectivity index (χ4n) is 2.75. The molecule has 144 valence electrons. The summed E-state index contributed by atoms with van der Waals surface area (Å²) in [7, 11) is 0. The van der Waals surface area contributed by atoms with Crippen molar-refractivity contribution in [3.8, 4) is 22.6 Å². The van der Waals surface area contributed by atoms with Crippen LogP contribution in [-0.2, 0) is 18.1 Å². The van der Waals surface area contributed by atoms with E-state index in [-0.39, 0.29) is 23.2 Å². The molecule has 0 saturated heterocycles. The molecule has 0 aliphatic heterocycles. The number of rotatable bonds is 5. The highest BCUT2D eigenvalue weighted by Crippen LogP contribution is 2.42. The summed E-state index contributed by atoms with van der Waals surface area (Å²) in [5, 5.41) is 17.8. The van der Waals surface area contributed by atoms with Gasteiger partial charge in [-0.25, -0.2) is 0 Å². The van der Waals surface area contributed by atoms with Gasteiger partial charge >= 0.3 is 6.18 Å². The molecule has 0 aliphatic rings. The number of hydrogen-bond donors (Lipinski definition) is 1. The summed E-state index contributed by atoms with van der Waals surface area (Å²) < 4.78 is 47.0. The first-order valence-electron chi connectivity index (χ1n) is 7.84. The molecule has 2 aromatic heterocycles. The predicted molar refractivity (Wildman–Crippen MR) is 97.5 cm³/mol. The van der Waals surface area contributed by atoms with Crippen molar-refractivity contribution in [1.29, 1.82) is 0 Å². The minimum absolute atomic E-state index is 0.0500. The minimum atomic E-state index is -4.69. The van der Waals surface area contributed by atoms with Crippen LogP contribution in [0.5, 0.6) is 0 Å². The average molecular weight is 465 g/mol. The van der Waals surface area contributed by atoms with Crippen molar-refractivity contribution < 1.29 is 22.8 Å². The number of alkyl halides is 4. The van der Waals surface area contributed by atoms with Crippen LogP contribution in [0.25, 0.3) is 22.6 Å². The van der Waals surface area contributed by atoms with E-state index in [1.807, 2.05) is 0 Å². The Hall–Kier alpha value is -1.84. The highest BCUT2D eigenvalue weighted by molar-refractivity contribution is 9.08. The fraction of sp³-hybridized carbons (Fsp3) is 0.294. The Labute approximate surface area is 165 Å². The summed E-state index contributed by atoms with van der Waals surface area (Å²) in [5.74, 6) is -0.0500. The smallest absolute Gasteiger partial charge is 0.391 e. The van der Waals surface area contributed by atoms with Crippen molar-refractivity contribution in [1.82, 2.24) is 14.9 Å². The molecule has 0 amide bonds. The molecule has 0 fully saturated rings. The summed E-state index contributed by atoms with van der Waals surface area (Å²) >= 11 is 9.48. The molecule has 27 heavy (non-hydrogen) atoms. The monoisotopic (exact) mass is 463 g/mol. The van der Waals surface area contributed by atoms with Crippen LogP contribution in [0.2, 0.25) is 5.02 Å². The lowest BCUT2D eigenvalue weighted by molar-refractivity contribution is -0.144. The number of aliphatic hydroxyl groups excluding tert-OH is 1. The summed E-state index contributed by atoms with van der Waals surface area (Å²) in [6, 6.07) is 6.85. The Morgan fingerprint density at radius 2 is 2.00 bits per heavy atom. The minimum Gasteiger partial charge on any atom is -0.391 e. The Balaban J connectivity index is 2.19. The lowest BCUT2D eigenvalue weighted by atomic mass is 10.0. The van der Waals surface area contributed by atoms with Gasteiger partial charge in [-0.15, -0.1) is 0 Å². The molecule has 1 atom stereocenters. The van der Waals surface area contributed by atoms with Crippen molar-refractivity contribution >= 4 is 27.5 Å². The molecule has 0 aliphatic carbocycles. The lowest BCUT2D eigenvalue weighted by Crippen LogP contribution is -2.20. The summed E-state index contributed by atoms with van der Waals surface area (Å²) in [6.07, 6.45) is -4.63. The average Bonchev–Trinajstić information content (AvgIpc) is 3.17. The zero-order valence-corrected chi connectivity index (χ0v) is 16.3. The van der Waals surface area contributed by atoms with Gasteiger partial charge in [-0.3, -0.25) is 4.68 Å². The highest BCUT2D eigenvalue weighted by atomic mass is 79.9. The van der Waals surface area contributed by atoms with Crippen LogP contribution in [0.1, 0.15) is 18.2 Å². The maximum Gasteiger partial charge on any atom is 0.433 e. The zero-order chi connectivity index (χ0) is 19.8. The maximum atomic E-state index is 13.7. The summed E-state index contributed by atoms with van der Waals surface area (Å²) in [6.45, 7) is 1.08. The van der Waals surface area contributed by atoms with Crippen LogP contribution in [-0.4, -0.2) is 26.1 Å². The SMILES string of the molecule is C[C@H](O)Cn1ncc(-c2onc(-c3ccccc3Cl)c2CBr)c1C(F)(F)F. The van der Waals surface area contributed by atoms with Crippen LogP contribution >= 0.6 is 27.5 Å². The van der Waals surface area contributed by atoms with Gasteiger partial charge in [0.15, 0.2) is 11.5 Å². The van der Waals surface area contributed by atoms with Gasteiger partial charge in [-0.1, -0.05) is 50.9 Å². The molecular weight excluding hydrogens is 451 g/mol. The van der Waals surface area contributed by atoms with Crippen molar-refractivity contribution in [3.63, 3.8) is 0 Å². The maximum absolute atomic E-state index is 13.7. The Kier molecular flexibility index (Phi) is 5.64. The number of hydrogen-bond acceptors (Lipinski definition) is 4. The highest BCUT2D eigenvalue weighted by Gasteiger charge is 2.40. The molecule has 0 bridgehead atoms. The molecule has 0 spiro atoms. The van der Waals surface area contributed by atoms with E-state index in [9.17, 15) is 18.3 Å². The van der Waals surface area contributed by atoms with E-state index in [4.69, 9.17) is 16.1 Å². The van der Waals surface area contributed by atoms with Crippen molar-refractivity contribution in [2.45, 2.75) is 31.1 Å². The van der Waals surface area contributed by atoms with Crippen molar-refractivity contribution in [2.75, 3.05) is 0 Å². The van der Waals surface area contributed by atoms with E-state index in [0.717, 1.165) is 10.9 Å². The second-order valence-corrected chi connectivity index (χ2v) is 6.86. The molecule has 0 radical (unpaired) electrons. The molecule has 1 N–H and O–H groups in total. The molecule has 5 nitrogen and oxygen atoms in total. The third-order valence-corrected chi connectivity index (χ3v) is 4.73. The van der Waals surface area contributed by atoms with Gasteiger partial charge in [0.2, 0.25) is 0 Å². The molecule has 0 unspecified atom stereocenters. The van der Waals surface area contributed by atoms with Gasteiger partial charge in [-0.2, -0.15) is 18.3 Å². The lowest BCUT2D eigenvalue weighted by Gasteiger charge is -2.13. The summed E-state index contributed by atoms with van der Waals surface area (Å²) in [4.78, 5) is 0. The largest absolute Gasteiger partial charge is 0.433 e. The second kappa shape index (κ2) is 7.65. The standard InChI is InChI=1S/C17H14BrClF3N3O2/c1-9(26)8-25-16(17(20,21)22)12(7-23-25)15-11(6-18)14(24-27-15)10-4-2-3-5-13(10)19/h2-5,7,9,26H,6,8H2,1H3/t9-/m0/s1. The Morgan fingerprint density at radius 3 is 2.59 bits per heavy atom. The molecular formula is C17H14BrClF3N3O2. The quantitative estimate of drug-likeness (QED) is 0.530. The number of aromatic nitrogens is 3. The second-order valence-electron chi connectivity index (χ2n) is 5.89. The van der Waals surface area contributed by atoms with E-state index < -0.39 is 18.0 Å². The normalized spacial score (nSPS) is 13.1. The molecule has 10 heteroatoms. The summed E-state index contributed by atoms with van der Waals surface area (Å²) in [5.41, 5.74) is 0.0680. The van der Waals surface area contributed by atoms with Crippen molar-refractivity contribution in [3.05, 3.63) is 46.7 Å². The van der Waals surface area contributed by atoms with Crippen LogP contribution < -0.4 is 0 Å². The topological polar surface area (TPSA) is 64.1 Å². The van der Waals surface area contributed by atoms with Gasteiger partial charge < -0.3 is 9.63 Å². The van der Waals surface area contributed by atoms with Gasteiger partial charge in [0.1, 0.15) is 5.69 Å². The van der Waals surface area contributed by atoms with Gasteiger partial charge in [-0.05, 0) is 13.0 Å². The third kappa shape index (κ3) is 3.90. The molecule has 1 aromatic carbocycles. The van der Waals surface area contributed by atoms with E-state index in [0.29, 0.717) is 21.8 Å². The van der Waals surface area contributed by atoms with E-state index in [1.165, 1.54) is 6.92 Å². The first-order valence-corrected chi connectivity index (χ1v) is 9.34. The van der Waals surface area contributed by atoms with E-state index >= 15 is 0 Å². The Bertz CT molecular complexity index is 953. The first-order chi connectivity index (χ1) is 12.7. The first kappa shape index (κ1) is 19.9. The van der Waals surface area contributed by atoms with Crippen LogP contribution in [0.15, 0.2) is 35.0 Å². The van der Waals surface area contributed by atoms with Crippen LogP contribution in [0.3, 0.4) is 0 Å². The van der Waals surface area contributed by atoms with E-state index in [2.05, 4.69) is 26.2 Å². The number of halogens is 5. The van der Waals surface area contributed by atoms with Crippen molar-refractivity contribution in [2.24, 2.45) is 0 Å². The fourth-order valence-corrected chi connectivity index (χ4v) is 3.49. The predicted octanol–water partition coefficient (Wildman–Crippen LogP) is 5.15. The number of benzene rings is 1. The molecule has 2 heterocycles. The molecule has 3 rings (SSSR count).